The van der Waals surface area contributed by atoms with Gasteiger partial charge in [-0.1, -0.05) is 26.0 Å². The highest BCUT2D eigenvalue weighted by Gasteiger charge is 2.15. The molecule has 1 rings (SSSR count). The van der Waals surface area contributed by atoms with Crippen molar-refractivity contribution in [3.8, 4) is 5.75 Å². The van der Waals surface area contributed by atoms with Crippen LogP contribution in [-0.4, -0.2) is 43.8 Å². The van der Waals surface area contributed by atoms with E-state index in [9.17, 15) is 5.11 Å². The Labute approximate surface area is 139 Å². The van der Waals surface area contributed by atoms with E-state index in [2.05, 4.69) is 19.2 Å². The van der Waals surface area contributed by atoms with Gasteiger partial charge in [-0.3, -0.25) is 5.32 Å². The summed E-state index contributed by atoms with van der Waals surface area (Å²) in [6.07, 6.45) is 1.05. The Bertz CT molecular complexity index is 395. The zero-order chi connectivity index (χ0) is 16.9. The van der Waals surface area contributed by atoms with Crippen LogP contribution in [0.5, 0.6) is 5.75 Å². The number of rotatable bonds is 13. The van der Waals surface area contributed by atoms with Crippen LogP contribution in [0.1, 0.15) is 39.2 Å². The van der Waals surface area contributed by atoms with Gasteiger partial charge in [-0.05, 0) is 44.0 Å². The first kappa shape index (κ1) is 19.9. The zero-order valence-corrected chi connectivity index (χ0v) is 14.6. The summed E-state index contributed by atoms with van der Waals surface area (Å²) in [7, 11) is 0. The lowest BCUT2D eigenvalue weighted by Crippen LogP contribution is -2.43. The highest BCUT2D eigenvalue weighted by molar-refractivity contribution is 5.27. The molecule has 2 atom stereocenters. The van der Waals surface area contributed by atoms with Gasteiger partial charge in [0.1, 0.15) is 11.9 Å². The fourth-order valence-electron chi connectivity index (χ4n) is 1.96. The number of aliphatic hydroxyl groups excluding tert-OH is 1. The number of aliphatic hydroxyl groups is 1. The summed E-state index contributed by atoms with van der Waals surface area (Å²) in [5.41, 5.74) is 1.09. The largest absolute Gasteiger partial charge is 0.473 e. The maximum Gasteiger partial charge on any atom is 0.176 e. The number of benzene rings is 1. The molecule has 1 aromatic carbocycles. The van der Waals surface area contributed by atoms with Gasteiger partial charge in [-0.2, -0.15) is 0 Å². The normalized spacial score (nSPS) is 13.7. The molecule has 5 heteroatoms. The Hall–Kier alpha value is -1.14. The Kier molecular flexibility index (Phi) is 10.6. The van der Waals surface area contributed by atoms with E-state index in [1.165, 1.54) is 0 Å². The summed E-state index contributed by atoms with van der Waals surface area (Å²) in [4.78, 5) is 0. The maximum absolute atomic E-state index is 9.74. The molecule has 0 aliphatic carbocycles. The van der Waals surface area contributed by atoms with Crippen molar-refractivity contribution < 1.29 is 19.3 Å². The van der Waals surface area contributed by atoms with Crippen molar-refractivity contribution in [2.45, 2.75) is 52.6 Å². The molecule has 0 aliphatic rings. The second-order valence-electron chi connectivity index (χ2n) is 5.54. The summed E-state index contributed by atoms with van der Waals surface area (Å²) < 4.78 is 16.7. The SMILES string of the molecule is CCCNC(Oc1ccc(COCCOCCC)cc1)C(C)O. The monoisotopic (exact) mass is 325 g/mol. The maximum atomic E-state index is 9.74. The minimum atomic E-state index is -0.576. The molecule has 5 nitrogen and oxygen atoms in total. The van der Waals surface area contributed by atoms with E-state index in [1.807, 2.05) is 24.3 Å². The highest BCUT2D eigenvalue weighted by atomic mass is 16.5. The van der Waals surface area contributed by atoms with Gasteiger partial charge in [0, 0.05) is 6.61 Å². The van der Waals surface area contributed by atoms with Crippen LogP contribution in [0.15, 0.2) is 24.3 Å². The van der Waals surface area contributed by atoms with Gasteiger partial charge in [-0.25, -0.2) is 0 Å². The first-order chi connectivity index (χ1) is 11.2. The second kappa shape index (κ2) is 12.3. The first-order valence-electron chi connectivity index (χ1n) is 8.49. The van der Waals surface area contributed by atoms with Gasteiger partial charge in [-0.15, -0.1) is 0 Å². The van der Waals surface area contributed by atoms with Gasteiger partial charge in [0.25, 0.3) is 0 Å². The van der Waals surface area contributed by atoms with Gasteiger partial charge >= 0.3 is 0 Å². The molecule has 0 fully saturated rings. The molecule has 1 aromatic rings. The molecule has 23 heavy (non-hydrogen) atoms. The minimum absolute atomic E-state index is 0.396. The van der Waals surface area contributed by atoms with Crippen molar-refractivity contribution in [3.05, 3.63) is 29.8 Å². The van der Waals surface area contributed by atoms with Gasteiger partial charge in [0.2, 0.25) is 0 Å². The van der Waals surface area contributed by atoms with Gasteiger partial charge in [0.05, 0.1) is 19.8 Å². The molecule has 0 spiro atoms. The molecular formula is C18H31NO4. The van der Waals surface area contributed by atoms with Crippen LogP contribution in [0.4, 0.5) is 0 Å². The number of nitrogens with one attached hydrogen (secondary N) is 1. The quantitative estimate of drug-likeness (QED) is 0.431. The van der Waals surface area contributed by atoms with Gasteiger partial charge in [0.15, 0.2) is 6.23 Å². The Balaban J connectivity index is 2.34. The molecule has 0 aromatic heterocycles. The summed E-state index contributed by atoms with van der Waals surface area (Å²) in [5, 5.41) is 12.9. The minimum Gasteiger partial charge on any atom is -0.473 e. The second-order valence-corrected chi connectivity index (χ2v) is 5.54. The van der Waals surface area contributed by atoms with E-state index < -0.39 is 12.3 Å². The number of hydrogen-bond acceptors (Lipinski definition) is 5. The number of ether oxygens (including phenoxy) is 3. The third-order valence-corrected chi connectivity index (χ3v) is 3.21. The van der Waals surface area contributed by atoms with Crippen molar-refractivity contribution >= 4 is 0 Å². The van der Waals surface area contributed by atoms with Crippen molar-refractivity contribution in [1.82, 2.24) is 5.32 Å². The van der Waals surface area contributed by atoms with E-state index in [4.69, 9.17) is 14.2 Å². The van der Waals surface area contributed by atoms with Crippen LogP contribution < -0.4 is 10.1 Å². The van der Waals surface area contributed by atoms with Crippen LogP contribution >= 0.6 is 0 Å². The summed E-state index contributed by atoms with van der Waals surface area (Å²) in [5.74, 6) is 0.731. The zero-order valence-electron chi connectivity index (χ0n) is 14.6. The molecule has 0 heterocycles. The van der Waals surface area contributed by atoms with E-state index in [0.29, 0.717) is 19.8 Å². The van der Waals surface area contributed by atoms with Crippen LogP contribution in [0.2, 0.25) is 0 Å². The number of hydrogen-bond donors (Lipinski definition) is 2. The van der Waals surface area contributed by atoms with Crippen molar-refractivity contribution in [3.63, 3.8) is 0 Å². The molecule has 132 valence electrons. The van der Waals surface area contributed by atoms with Crippen LogP contribution in [-0.2, 0) is 16.1 Å². The Morgan fingerprint density at radius 2 is 1.70 bits per heavy atom. The lowest BCUT2D eigenvalue weighted by atomic mass is 10.2. The Morgan fingerprint density at radius 3 is 2.30 bits per heavy atom. The molecule has 0 radical (unpaired) electrons. The predicted molar refractivity (Wildman–Crippen MR) is 91.6 cm³/mol. The van der Waals surface area contributed by atoms with E-state index in [0.717, 1.165) is 37.3 Å². The topological polar surface area (TPSA) is 60.0 Å². The van der Waals surface area contributed by atoms with Crippen molar-refractivity contribution in [1.29, 1.82) is 0 Å². The third kappa shape index (κ3) is 8.91. The van der Waals surface area contributed by atoms with Crippen molar-refractivity contribution in [2.24, 2.45) is 0 Å². The molecule has 0 aliphatic heterocycles. The van der Waals surface area contributed by atoms with E-state index in [1.54, 1.807) is 6.92 Å². The standard InChI is InChI=1S/C18H31NO4/c1-4-10-19-18(15(3)20)23-17-8-6-16(7-9-17)14-22-13-12-21-11-5-2/h6-9,15,18-20H,4-5,10-14H2,1-3H3. The first-order valence-corrected chi connectivity index (χ1v) is 8.49. The van der Waals surface area contributed by atoms with Crippen LogP contribution in [0.3, 0.4) is 0 Å². The molecule has 2 unspecified atom stereocenters. The van der Waals surface area contributed by atoms with Crippen LogP contribution in [0, 0.1) is 0 Å². The van der Waals surface area contributed by atoms with Crippen molar-refractivity contribution in [2.75, 3.05) is 26.4 Å². The molecule has 0 saturated heterocycles. The molecule has 2 N–H and O–H groups in total. The summed E-state index contributed by atoms with van der Waals surface area (Å²) in [6.45, 7) is 9.27. The fourth-order valence-corrected chi connectivity index (χ4v) is 1.96. The lowest BCUT2D eigenvalue weighted by Gasteiger charge is -2.22. The average Bonchev–Trinajstić information content (AvgIpc) is 2.55. The molecule has 0 amide bonds. The van der Waals surface area contributed by atoms with E-state index in [-0.39, 0.29) is 0 Å². The fraction of sp³-hybridized carbons (Fsp3) is 0.667. The third-order valence-electron chi connectivity index (χ3n) is 3.21. The smallest absolute Gasteiger partial charge is 0.176 e. The molecule has 0 saturated carbocycles. The lowest BCUT2D eigenvalue weighted by molar-refractivity contribution is 0.0271. The van der Waals surface area contributed by atoms with Gasteiger partial charge < -0.3 is 19.3 Å². The molecular weight excluding hydrogens is 294 g/mol. The molecule has 0 bridgehead atoms. The van der Waals surface area contributed by atoms with E-state index >= 15 is 0 Å². The van der Waals surface area contributed by atoms with Crippen LogP contribution in [0.25, 0.3) is 0 Å². The Morgan fingerprint density at radius 1 is 1.00 bits per heavy atom. The summed E-state index contributed by atoms with van der Waals surface area (Å²) in [6, 6.07) is 7.74. The average molecular weight is 325 g/mol. The highest BCUT2D eigenvalue weighted by Crippen LogP contribution is 2.15. The summed E-state index contributed by atoms with van der Waals surface area (Å²) >= 11 is 0. The predicted octanol–water partition coefficient (Wildman–Crippen LogP) is 2.72.